The predicted octanol–water partition coefficient (Wildman–Crippen LogP) is -3.49. The number of hydrogen-bond donors (Lipinski definition) is 6. The topological polar surface area (TPSA) is 188 Å². The average molecular weight is 380 g/mol. The summed E-state index contributed by atoms with van der Waals surface area (Å²) in [6, 6.07) is -1.05. The van der Waals surface area contributed by atoms with Gasteiger partial charge in [-0.2, -0.15) is 17.4 Å². The van der Waals surface area contributed by atoms with Gasteiger partial charge in [-0.25, -0.2) is 0 Å². The monoisotopic (exact) mass is 380 g/mol. The molecule has 2 fully saturated rings. The summed E-state index contributed by atoms with van der Waals surface area (Å²) in [5.41, 5.74) is 10.0. The Bertz CT molecular complexity index is 592. The molecule has 0 radical (unpaired) electrons. The lowest BCUT2D eigenvalue weighted by atomic mass is 9.78. The van der Waals surface area contributed by atoms with Gasteiger partial charge in [-0.15, -0.1) is 0 Å². The predicted molar refractivity (Wildman–Crippen MR) is 88.5 cm³/mol. The molecule has 0 aromatic heterocycles. The third kappa shape index (κ3) is 4.68. The molecule has 2 aliphatic rings. The van der Waals surface area contributed by atoms with Gasteiger partial charge < -0.3 is 31.4 Å². The second-order valence-electron chi connectivity index (χ2n) is 6.68. The lowest BCUT2D eigenvalue weighted by Crippen LogP contribution is -2.56. The smallest absolute Gasteiger partial charge is 0.451 e. The van der Waals surface area contributed by atoms with Crippen LogP contribution in [0, 0.1) is 5.92 Å². The van der Waals surface area contributed by atoms with Gasteiger partial charge in [0.05, 0.1) is 19.3 Å². The number of carbonyl (C=O) groups is 1. The van der Waals surface area contributed by atoms with Gasteiger partial charge in [0.25, 0.3) is 10.2 Å². The molecule has 25 heavy (non-hydrogen) atoms. The maximum Gasteiger partial charge on any atom is 0.451 e. The summed E-state index contributed by atoms with van der Waals surface area (Å²) in [4.78, 5) is 11.6. The summed E-state index contributed by atoms with van der Waals surface area (Å²) in [5, 5.41) is 27.3. The minimum absolute atomic E-state index is 0.0610. The zero-order valence-electron chi connectivity index (χ0n) is 13.7. The number of carboxylic acids is 1. The zero-order valence-corrected chi connectivity index (χ0v) is 14.6. The van der Waals surface area contributed by atoms with E-state index in [0.29, 0.717) is 6.42 Å². The lowest BCUT2D eigenvalue weighted by Gasteiger charge is -2.25. The zero-order chi connectivity index (χ0) is 18.8. The summed E-state index contributed by atoms with van der Waals surface area (Å²) in [6.07, 6.45) is 0.640. The van der Waals surface area contributed by atoms with Gasteiger partial charge in [0.15, 0.2) is 0 Å². The number of carboxylic acid groups (broad SMARTS) is 1. The molecule has 11 nitrogen and oxygen atoms in total. The Morgan fingerprint density at radius 3 is 2.60 bits per heavy atom. The minimum atomic E-state index is -3.97. The first-order chi connectivity index (χ1) is 11.6. The number of nitrogens with two attached hydrogens (primary N) is 2. The molecule has 8 N–H and O–H groups in total. The normalized spacial score (nSPS) is 33.7. The standard InChI is InChI=1S/C12H25BN4O7S/c14-9-5-24-6-10(9)16-25(22,23)17-4-8(2-1-3-13(20)21)12(15,7-17)11(18)19/h8-10,16,20-21H,1-7,14-15H2,(H,18,19)/t8-,9+,10-,12-/m0/s1. The molecule has 0 amide bonds. The average Bonchev–Trinajstić information content (AvgIpc) is 3.04. The summed E-state index contributed by atoms with van der Waals surface area (Å²) >= 11 is 0. The molecule has 0 unspecified atom stereocenters. The summed E-state index contributed by atoms with van der Waals surface area (Å²) in [6.45, 7) is -0.0384. The van der Waals surface area contributed by atoms with E-state index in [1.54, 1.807) is 0 Å². The Morgan fingerprint density at radius 2 is 2.08 bits per heavy atom. The lowest BCUT2D eigenvalue weighted by molar-refractivity contribution is -0.144. The molecule has 0 saturated carbocycles. The highest BCUT2D eigenvalue weighted by molar-refractivity contribution is 7.87. The second-order valence-corrected chi connectivity index (χ2v) is 8.38. The van der Waals surface area contributed by atoms with Crippen LogP contribution >= 0.6 is 0 Å². The van der Waals surface area contributed by atoms with Gasteiger partial charge in [0.2, 0.25) is 0 Å². The van der Waals surface area contributed by atoms with Crippen LogP contribution in [-0.2, 0) is 19.7 Å². The molecule has 2 rings (SSSR count). The first-order valence-corrected chi connectivity index (χ1v) is 9.49. The molecule has 0 bridgehead atoms. The SMILES string of the molecule is N[C@@H]1COC[C@@H]1NS(=O)(=O)N1C[C@H](CCCB(O)O)[C@](N)(C(=O)O)C1. The van der Waals surface area contributed by atoms with Crippen LogP contribution in [-0.4, -0.2) is 84.9 Å². The van der Waals surface area contributed by atoms with Crippen LogP contribution in [0.1, 0.15) is 12.8 Å². The maximum atomic E-state index is 12.5. The highest BCUT2D eigenvalue weighted by Gasteiger charge is 2.52. The van der Waals surface area contributed by atoms with Crippen LogP contribution in [0.25, 0.3) is 0 Å². The fraction of sp³-hybridized carbons (Fsp3) is 0.917. The highest BCUT2D eigenvalue weighted by atomic mass is 32.2. The molecule has 0 aromatic carbocycles. The Kier molecular flexibility index (Phi) is 6.43. The number of ether oxygens (including phenoxy) is 1. The van der Waals surface area contributed by atoms with Gasteiger partial charge in [0.1, 0.15) is 5.54 Å². The fourth-order valence-corrected chi connectivity index (χ4v) is 4.71. The van der Waals surface area contributed by atoms with Crippen LogP contribution in [0.5, 0.6) is 0 Å². The largest absolute Gasteiger partial charge is 0.480 e. The molecule has 2 aliphatic heterocycles. The van der Waals surface area contributed by atoms with Crippen molar-refractivity contribution in [3.63, 3.8) is 0 Å². The van der Waals surface area contributed by atoms with Gasteiger partial charge in [-0.1, -0.05) is 6.42 Å². The van der Waals surface area contributed by atoms with Crippen LogP contribution in [0.4, 0.5) is 0 Å². The van der Waals surface area contributed by atoms with Crippen LogP contribution in [0.3, 0.4) is 0 Å². The molecule has 0 spiro atoms. The van der Waals surface area contributed by atoms with E-state index < -0.39 is 46.8 Å². The Morgan fingerprint density at radius 1 is 1.40 bits per heavy atom. The molecule has 0 aliphatic carbocycles. The van der Waals surface area contributed by atoms with E-state index in [-0.39, 0.29) is 39.0 Å². The van der Waals surface area contributed by atoms with Gasteiger partial charge in [-0.05, 0) is 12.7 Å². The summed E-state index contributed by atoms with van der Waals surface area (Å²) < 4.78 is 33.7. The third-order valence-electron chi connectivity index (χ3n) is 4.77. The van der Waals surface area contributed by atoms with E-state index >= 15 is 0 Å². The van der Waals surface area contributed by atoms with Crippen LogP contribution < -0.4 is 16.2 Å². The number of hydrogen-bond acceptors (Lipinski definition) is 8. The van der Waals surface area contributed by atoms with Crippen molar-refractivity contribution in [1.29, 1.82) is 0 Å². The van der Waals surface area contributed by atoms with E-state index in [0.717, 1.165) is 4.31 Å². The summed E-state index contributed by atoms with van der Waals surface area (Å²) in [5.74, 6) is -1.94. The number of nitrogens with zero attached hydrogens (tertiary/aromatic N) is 1. The van der Waals surface area contributed by atoms with E-state index in [4.69, 9.17) is 26.3 Å². The first-order valence-electron chi connectivity index (χ1n) is 8.05. The van der Waals surface area contributed by atoms with E-state index in [2.05, 4.69) is 4.72 Å². The molecule has 13 heteroatoms. The minimum Gasteiger partial charge on any atom is -0.480 e. The van der Waals surface area contributed by atoms with Gasteiger partial charge in [-0.3, -0.25) is 4.79 Å². The van der Waals surface area contributed by atoms with E-state index in [1.807, 2.05) is 0 Å². The highest BCUT2D eigenvalue weighted by Crippen LogP contribution is 2.32. The quantitative estimate of drug-likeness (QED) is 0.232. The molecular formula is C12H25BN4O7S. The molecular weight excluding hydrogens is 355 g/mol. The first kappa shape index (κ1) is 20.5. The van der Waals surface area contributed by atoms with Crippen molar-refractivity contribution in [3.05, 3.63) is 0 Å². The van der Waals surface area contributed by atoms with Crippen molar-refractivity contribution >= 4 is 23.3 Å². The Labute approximate surface area is 146 Å². The second kappa shape index (κ2) is 7.84. The van der Waals surface area contributed by atoms with Crippen molar-refractivity contribution in [3.8, 4) is 0 Å². The number of rotatable bonds is 8. The van der Waals surface area contributed by atoms with E-state index in [9.17, 15) is 18.3 Å². The van der Waals surface area contributed by atoms with Gasteiger partial charge >= 0.3 is 13.1 Å². The maximum absolute atomic E-state index is 12.5. The number of nitrogens with one attached hydrogen (secondary N) is 1. The molecule has 2 saturated heterocycles. The van der Waals surface area contributed by atoms with Crippen molar-refractivity contribution in [2.75, 3.05) is 26.3 Å². The van der Waals surface area contributed by atoms with Crippen molar-refractivity contribution in [2.45, 2.75) is 36.8 Å². The molecule has 2 heterocycles. The van der Waals surface area contributed by atoms with Crippen LogP contribution in [0.15, 0.2) is 0 Å². The summed E-state index contributed by atoms with van der Waals surface area (Å²) in [7, 11) is -5.47. The fourth-order valence-electron chi connectivity index (χ4n) is 3.17. The van der Waals surface area contributed by atoms with Crippen molar-refractivity contribution < 1.29 is 33.1 Å². The van der Waals surface area contributed by atoms with Crippen molar-refractivity contribution in [2.24, 2.45) is 17.4 Å². The molecule has 144 valence electrons. The van der Waals surface area contributed by atoms with Crippen molar-refractivity contribution in [1.82, 2.24) is 9.03 Å². The third-order valence-corrected chi connectivity index (χ3v) is 6.33. The molecule has 0 aromatic rings. The number of aliphatic carboxylic acids is 1. The molecule has 4 atom stereocenters. The van der Waals surface area contributed by atoms with E-state index in [1.165, 1.54) is 0 Å². The van der Waals surface area contributed by atoms with Gasteiger partial charge in [0, 0.05) is 25.0 Å². The Hall–Kier alpha value is -0.795. The Balaban J connectivity index is 2.07. The van der Waals surface area contributed by atoms with Crippen LogP contribution in [0.2, 0.25) is 6.32 Å².